The van der Waals surface area contributed by atoms with Crippen LogP contribution in [0.4, 0.5) is 0 Å². The zero-order chi connectivity index (χ0) is 12.1. The first-order chi connectivity index (χ1) is 7.54. The van der Waals surface area contributed by atoms with Crippen LogP contribution in [0.15, 0.2) is 11.6 Å². The van der Waals surface area contributed by atoms with Gasteiger partial charge in [0.2, 0.25) is 0 Å². The maximum atomic E-state index is 11.2. The Balaban J connectivity index is 2.61. The molecule has 2 atom stereocenters. The second-order valence-electron chi connectivity index (χ2n) is 4.93. The molecule has 1 aliphatic rings. The number of rotatable bonds is 4. The number of carboxylic acids is 1. The zero-order valence-electron chi connectivity index (χ0n) is 10.6. The Labute approximate surface area is 98.1 Å². The first kappa shape index (κ1) is 13.2. The highest BCUT2D eigenvalue weighted by atomic mass is 16.4. The molecule has 0 amide bonds. The Morgan fingerprint density at radius 2 is 2.19 bits per heavy atom. The van der Waals surface area contributed by atoms with Crippen molar-refractivity contribution in [2.45, 2.75) is 46.1 Å². The van der Waals surface area contributed by atoms with Crippen molar-refractivity contribution in [3.05, 3.63) is 11.6 Å². The smallest absolute Gasteiger partial charge is 0.320 e. The highest BCUT2D eigenvalue weighted by molar-refractivity contribution is 5.73. The third kappa shape index (κ3) is 3.63. The van der Waals surface area contributed by atoms with E-state index in [1.807, 2.05) is 0 Å². The van der Waals surface area contributed by atoms with Crippen molar-refractivity contribution in [2.24, 2.45) is 5.92 Å². The number of carboxylic acid groups (broad SMARTS) is 1. The van der Waals surface area contributed by atoms with Gasteiger partial charge in [0.05, 0.1) is 0 Å². The molecular weight excluding hydrogens is 202 g/mol. The molecule has 1 saturated heterocycles. The van der Waals surface area contributed by atoms with E-state index in [0.717, 1.165) is 32.4 Å². The van der Waals surface area contributed by atoms with E-state index in [2.05, 4.69) is 31.7 Å². The fourth-order valence-corrected chi connectivity index (χ4v) is 2.23. The Morgan fingerprint density at radius 3 is 2.69 bits per heavy atom. The molecule has 3 nitrogen and oxygen atoms in total. The lowest BCUT2D eigenvalue weighted by Crippen LogP contribution is -2.47. The van der Waals surface area contributed by atoms with E-state index >= 15 is 0 Å². The molecule has 0 aliphatic carbocycles. The number of likely N-dealkylation sites (tertiary alicyclic amines) is 1. The van der Waals surface area contributed by atoms with Gasteiger partial charge in [-0.1, -0.05) is 25.0 Å². The molecule has 2 unspecified atom stereocenters. The topological polar surface area (TPSA) is 40.5 Å². The fourth-order valence-electron chi connectivity index (χ4n) is 2.23. The summed E-state index contributed by atoms with van der Waals surface area (Å²) in [6.07, 6.45) is 5.15. The normalized spacial score (nSPS) is 26.4. The average molecular weight is 225 g/mol. The van der Waals surface area contributed by atoms with E-state index in [1.165, 1.54) is 5.57 Å². The number of nitrogens with zero attached hydrogens (tertiary/aromatic N) is 1. The van der Waals surface area contributed by atoms with Crippen LogP contribution in [-0.2, 0) is 4.79 Å². The molecule has 1 N–H and O–H groups in total. The van der Waals surface area contributed by atoms with Crippen LogP contribution in [0.3, 0.4) is 0 Å². The van der Waals surface area contributed by atoms with Crippen LogP contribution in [0.25, 0.3) is 0 Å². The van der Waals surface area contributed by atoms with Gasteiger partial charge >= 0.3 is 5.97 Å². The van der Waals surface area contributed by atoms with Gasteiger partial charge in [-0.3, -0.25) is 9.69 Å². The predicted octanol–water partition coefficient (Wildman–Crippen LogP) is 2.53. The van der Waals surface area contributed by atoms with Crippen LogP contribution in [0.5, 0.6) is 0 Å². The number of aliphatic carboxylic acids is 1. The fraction of sp³-hybridized carbons (Fsp3) is 0.769. The van der Waals surface area contributed by atoms with E-state index < -0.39 is 5.97 Å². The van der Waals surface area contributed by atoms with Crippen molar-refractivity contribution >= 4 is 5.97 Å². The van der Waals surface area contributed by atoms with Crippen molar-refractivity contribution in [2.75, 3.05) is 13.1 Å². The number of hydrogen-bond acceptors (Lipinski definition) is 2. The van der Waals surface area contributed by atoms with Crippen LogP contribution in [0.2, 0.25) is 0 Å². The SMILES string of the molecule is CCC1CCN(CC=C(C)C)C(C(=O)O)C1. The Kier molecular flexibility index (Phi) is 5.00. The molecular formula is C13H23NO2. The Bertz CT molecular complexity index is 269. The highest BCUT2D eigenvalue weighted by Crippen LogP contribution is 2.25. The lowest BCUT2D eigenvalue weighted by Gasteiger charge is -2.36. The van der Waals surface area contributed by atoms with Crippen molar-refractivity contribution in [1.29, 1.82) is 0 Å². The van der Waals surface area contributed by atoms with Gasteiger partial charge in [0.25, 0.3) is 0 Å². The zero-order valence-corrected chi connectivity index (χ0v) is 10.6. The third-order valence-electron chi connectivity index (χ3n) is 3.42. The summed E-state index contributed by atoms with van der Waals surface area (Å²) in [5, 5.41) is 9.22. The lowest BCUT2D eigenvalue weighted by atomic mass is 9.89. The van der Waals surface area contributed by atoms with Crippen LogP contribution in [-0.4, -0.2) is 35.1 Å². The summed E-state index contributed by atoms with van der Waals surface area (Å²) in [7, 11) is 0. The number of piperidine rings is 1. The van der Waals surface area contributed by atoms with E-state index in [9.17, 15) is 9.90 Å². The first-order valence-electron chi connectivity index (χ1n) is 6.14. The minimum absolute atomic E-state index is 0.283. The summed E-state index contributed by atoms with van der Waals surface area (Å²) in [4.78, 5) is 13.3. The summed E-state index contributed by atoms with van der Waals surface area (Å²) in [6, 6.07) is -0.283. The van der Waals surface area contributed by atoms with Gasteiger partial charge in [0.15, 0.2) is 0 Å². The maximum absolute atomic E-state index is 11.2. The Morgan fingerprint density at radius 1 is 1.50 bits per heavy atom. The highest BCUT2D eigenvalue weighted by Gasteiger charge is 2.31. The maximum Gasteiger partial charge on any atom is 0.320 e. The molecule has 0 aromatic carbocycles. The molecule has 16 heavy (non-hydrogen) atoms. The van der Waals surface area contributed by atoms with Crippen LogP contribution >= 0.6 is 0 Å². The molecule has 3 heteroatoms. The van der Waals surface area contributed by atoms with Gasteiger partial charge in [-0.05, 0) is 39.2 Å². The quantitative estimate of drug-likeness (QED) is 0.747. The van der Waals surface area contributed by atoms with Crippen molar-refractivity contribution in [3.63, 3.8) is 0 Å². The largest absolute Gasteiger partial charge is 0.480 e. The molecule has 0 saturated carbocycles. The van der Waals surface area contributed by atoms with Crippen molar-refractivity contribution in [1.82, 2.24) is 4.90 Å². The molecule has 1 heterocycles. The van der Waals surface area contributed by atoms with Gasteiger partial charge in [-0.15, -0.1) is 0 Å². The number of carbonyl (C=O) groups is 1. The van der Waals surface area contributed by atoms with E-state index in [1.54, 1.807) is 0 Å². The average Bonchev–Trinajstić information content (AvgIpc) is 2.25. The van der Waals surface area contributed by atoms with Gasteiger partial charge in [-0.25, -0.2) is 0 Å². The molecule has 0 aromatic rings. The van der Waals surface area contributed by atoms with Crippen molar-refractivity contribution < 1.29 is 9.90 Å². The lowest BCUT2D eigenvalue weighted by molar-refractivity contribution is -0.145. The first-order valence-corrected chi connectivity index (χ1v) is 6.14. The van der Waals surface area contributed by atoms with Gasteiger partial charge in [0.1, 0.15) is 6.04 Å². The summed E-state index contributed by atoms with van der Waals surface area (Å²) < 4.78 is 0. The molecule has 1 rings (SSSR count). The second-order valence-corrected chi connectivity index (χ2v) is 4.93. The summed E-state index contributed by atoms with van der Waals surface area (Å²) in [5.74, 6) is -0.0793. The summed E-state index contributed by atoms with van der Waals surface area (Å²) in [6.45, 7) is 7.94. The molecule has 0 radical (unpaired) electrons. The molecule has 1 fully saturated rings. The predicted molar refractivity (Wildman–Crippen MR) is 65.4 cm³/mol. The van der Waals surface area contributed by atoms with E-state index in [0.29, 0.717) is 5.92 Å². The third-order valence-corrected chi connectivity index (χ3v) is 3.42. The van der Waals surface area contributed by atoms with E-state index in [4.69, 9.17) is 0 Å². The van der Waals surface area contributed by atoms with Crippen LogP contribution < -0.4 is 0 Å². The van der Waals surface area contributed by atoms with Crippen LogP contribution in [0.1, 0.15) is 40.0 Å². The van der Waals surface area contributed by atoms with Crippen LogP contribution in [0, 0.1) is 5.92 Å². The summed E-state index contributed by atoms with van der Waals surface area (Å²) >= 11 is 0. The van der Waals surface area contributed by atoms with Gasteiger partial charge in [-0.2, -0.15) is 0 Å². The minimum atomic E-state index is -0.666. The molecule has 0 aromatic heterocycles. The molecule has 0 spiro atoms. The molecule has 1 aliphatic heterocycles. The monoisotopic (exact) mass is 225 g/mol. The van der Waals surface area contributed by atoms with E-state index in [-0.39, 0.29) is 6.04 Å². The molecule has 0 bridgehead atoms. The van der Waals surface area contributed by atoms with Crippen molar-refractivity contribution in [3.8, 4) is 0 Å². The van der Waals surface area contributed by atoms with Gasteiger partial charge < -0.3 is 5.11 Å². The Hall–Kier alpha value is -0.830. The number of allylic oxidation sites excluding steroid dienone is 1. The standard InChI is InChI=1S/C13H23NO2/c1-4-11-6-8-14(7-5-10(2)3)12(9-11)13(15)16/h5,11-12H,4,6-9H2,1-3H3,(H,15,16). The molecule has 92 valence electrons. The second kappa shape index (κ2) is 6.04. The number of hydrogen-bond donors (Lipinski definition) is 1. The summed E-state index contributed by atoms with van der Waals surface area (Å²) in [5.41, 5.74) is 1.25. The van der Waals surface area contributed by atoms with Gasteiger partial charge in [0, 0.05) is 6.54 Å². The minimum Gasteiger partial charge on any atom is -0.480 e.